The molecule has 13 heteroatoms. The summed E-state index contributed by atoms with van der Waals surface area (Å²) in [5.74, 6) is -2.32. The van der Waals surface area contributed by atoms with Crippen molar-refractivity contribution in [1.29, 1.82) is 5.26 Å². The van der Waals surface area contributed by atoms with Crippen LogP contribution in [0.4, 0.5) is 19.0 Å². The highest BCUT2D eigenvalue weighted by atomic mass is 19.4. The minimum Gasteiger partial charge on any atom is -0.478 e. The van der Waals surface area contributed by atoms with E-state index >= 15 is 0 Å². The second-order valence-corrected chi connectivity index (χ2v) is 7.90. The summed E-state index contributed by atoms with van der Waals surface area (Å²) in [6.45, 7) is 4.77. The number of alkyl halides is 3. The highest BCUT2D eigenvalue weighted by molar-refractivity contribution is 5.89. The third kappa shape index (κ3) is 10.3. The van der Waals surface area contributed by atoms with Gasteiger partial charge in [0.2, 0.25) is 5.91 Å². The Bertz CT molecular complexity index is 910. The van der Waals surface area contributed by atoms with Gasteiger partial charge in [-0.05, 0) is 38.8 Å². The fraction of sp³-hybridized carbons (Fsp3) is 0.476. The van der Waals surface area contributed by atoms with Crippen molar-refractivity contribution in [1.82, 2.24) is 15.2 Å². The van der Waals surface area contributed by atoms with Gasteiger partial charge in [0.05, 0.1) is 18.2 Å². The molecule has 2 heterocycles. The Hall–Kier alpha value is -3.66. The second kappa shape index (κ2) is 12.5. The number of amides is 1. The lowest BCUT2D eigenvalue weighted by Crippen LogP contribution is -2.50. The van der Waals surface area contributed by atoms with Gasteiger partial charge >= 0.3 is 18.1 Å². The Labute approximate surface area is 194 Å². The molecule has 1 atom stereocenters. The molecular weight excluding hydrogens is 459 g/mol. The number of nitriles is 1. The summed E-state index contributed by atoms with van der Waals surface area (Å²) in [6, 6.07) is 4.01. The number of carbonyl (C=O) groups excluding carboxylic acids is 1. The van der Waals surface area contributed by atoms with Crippen LogP contribution in [0.15, 0.2) is 30.5 Å². The Morgan fingerprint density at radius 3 is 2.32 bits per heavy atom. The fourth-order valence-electron chi connectivity index (χ4n) is 2.80. The highest BCUT2D eigenvalue weighted by Crippen LogP contribution is 2.28. The van der Waals surface area contributed by atoms with E-state index in [1.54, 1.807) is 4.90 Å². The molecule has 0 aliphatic carbocycles. The number of hydrogen-bond acceptors (Lipinski definition) is 7. The van der Waals surface area contributed by atoms with Crippen LogP contribution >= 0.6 is 0 Å². The third-order valence-corrected chi connectivity index (χ3v) is 4.61. The molecule has 0 spiro atoms. The number of aromatic nitrogens is 1. The molecule has 1 fully saturated rings. The predicted molar refractivity (Wildman–Crippen MR) is 115 cm³/mol. The first-order valence-corrected chi connectivity index (χ1v) is 10.1. The van der Waals surface area contributed by atoms with Crippen molar-refractivity contribution in [3.63, 3.8) is 0 Å². The second-order valence-electron chi connectivity index (χ2n) is 7.90. The maximum atomic E-state index is 12.5. The number of likely N-dealkylation sites (tertiary alicyclic amines) is 1. The van der Waals surface area contributed by atoms with Crippen molar-refractivity contribution in [3.8, 4) is 6.07 Å². The summed E-state index contributed by atoms with van der Waals surface area (Å²) in [4.78, 5) is 36.7. The van der Waals surface area contributed by atoms with E-state index in [-0.39, 0.29) is 18.5 Å². The van der Waals surface area contributed by atoms with Gasteiger partial charge in [0.15, 0.2) is 0 Å². The number of carboxylic acids is 2. The van der Waals surface area contributed by atoms with Gasteiger partial charge in [-0.15, -0.1) is 0 Å². The summed E-state index contributed by atoms with van der Waals surface area (Å²) >= 11 is 0. The largest absolute Gasteiger partial charge is 0.478 e. The van der Waals surface area contributed by atoms with Crippen molar-refractivity contribution >= 4 is 23.7 Å². The zero-order chi connectivity index (χ0) is 25.9. The third-order valence-electron chi connectivity index (χ3n) is 4.61. The Morgan fingerprint density at radius 2 is 1.85 bits per heavy atom. The van der Waals surface area contributed by atoms with Crippen LogP contribution in [0.2, 0.25) is 0 Å². The molecule has 0 bridgehead atoms. The van der Waals surface area contributed by atoms with Crippen molar-refractivity contribution in [2.45, 2.75) is 44.4 Å². The van der Waals surface area contributed by atoms with Crippen molar-refractivity contribution in [2.75, 3.05) is 25.0 Å². The van der Waals surface area contributed by atoms with Gasteiger partial charge in [0, 0.05) is 37.0 Å². The molecule has 1 aliphatic rings. The van der Waals surface area contributed by atoms with E-state index in [0.717, 1.165) is 18.7 Å². The molecule has 1 amide bonds. The first kappa shape index (κ1) is 28.4. The zero-order valence-corrected chi connectivity index (χ0v) is 18.6. The minimum absolute atomic E-state index is 0.0906. The van der Waals surface area contributed by atoms with E-state index in [9.17, 15) is 27.6 Å². The predicted octanol–water partition coefficient (Wildman–Crippen LogP) is 2.11. The molecule has 0 radical (unpaired) electrons. The normalized spacial score (nSPS) is 15.9. The van der Waals surface area contributed by atoms with Crippen LogP contribution in [0.1, 0.15) is 32.3 Å². The standard InChI is InChI=1S/C17H22F3N5O.C4H4O4/c1-16(2,24-10-15(26)25-7-3-4-13(25)8-21)11-23-14-6-5-12(9-22-14)17(18,19)20;5-3(6)1-2-4(7)8/h5-6,9,13,24H,3-4,7,10-11H2,1-2H3,(H,22,23);1-2H,(H,5,6)(H,7,8)/b;2-1+. The zero-order valence-electron chi connectivity index (χ0n) is 18.6. The number of rotatable bonds is 8. The molecule has 2 rings (SSSR count). The van der Waals surface area contributed by atoms with Crippen LogP contribution < -0.4 is 10.6 Å². The van der Waals surface area contributed by atoms with Crippen LogP contribution in [0.3, 0.4) is 0 Å². The average Bonchev–Trinajstić information content (AvgIpc) is 3.24. The fourth-order valence-corrected chi connectivity index (χ4v) is 2.80. The lowest BCUT2D eigenvalue weighted by atomic mass is 10.1. The van der Waals surface area contributed by atoms with Crippen molar-refractivity contribution in [2.24, 2.45) is 0 Å². The van der Waals surface area contributed by atoms with E-state index in [0.29, 0.717) is 37.5 Å². The van der Waals surface area contributed by atoms with Crippen LogP contribution in [-0.2, 0) is 20.6 Å². The van der Waals surface area contributed by atoms with E-state index in [2.05, 4.69) is 21.7 Å². The van der Waals surface area contributed by atoms with Gasteiger partial charge < -0.3 is 25.7 Å². The number of carbonyl (C=O) groups is 3. The van der Waals surface area contributed by atoms with E-state index in [1.807, 2.05) is 13.8 Å². The molecule has 1 unspecified atom stereocenters. The van der Waals surface area contributed by atoms with Gasteiger partial charge in [0.1, 0.15) is 11.9 Å². The van der Waals surface area contributed by atoms with Gasteiger partial charge in [-0.2, -0.15) is 18.4 Å². The molecule has 1 aromatic rings. The molecule has 0 saturated carbocycles. The van der Waals surface area contributed by atoms with E-state index in [4.69, 9.17) is 15.5 Å². The van der Waals surface area contributed by atoms with E-state index < -0.39 is 29.2 Å². The topological polar surface area (TPSA) is 156 Å². The maximum absolute atomic E-state index is 12.5. The van der Waals surface area contributed by atoms with Crippen LogP contribution in [-0.4, -0.2) is 69.2 Å². The SMILES string of the molecule is CC(C)(CNc1ccc(C(F)(F)F)cn1)NCC(=O)N1CCCC1C#N.O=C(O)/C=C/C(=O)O. The number of aliphatic carboxylic acids is 2. The van der Waals surface area contributed by atoms with Gasteiger partial charge in [-0.3, -0.25) is 4.79 Å². The molecule has 34 heavy (non-hydrogen) atoms. The molecule has 1 aromatic heterocycles. The molecule has 0 aromatic carbocycles. The summed E-state index contributed by atoms with van der Waals surface area (Å²) in [7, 11) is 0. The van der Waals surface area contributed by atoms with E-state index in [1.165, 1.54) is 6.07 Å². The molecule has 4 N–H and O–H groups in total. The highest BCUT2D eigenvalue weighted by Gasteiger charge is 2.31. The lowest BCUT2D eigenvalue weighted by molar-refractivity contribution is -0.138. The Balaban J connectivity index is 0.000000620. The number of carboxylic acid groups (broad SMARTS) is 2. The van der Waals surface area contributed by atoms with Crippen molar-refractivity contribution < 1.29 is 37.8 Å². The van der Waals surface area contributed by atoms with Gasteiger partial charge in [-0.1, -0.05) is 0 Å². The Kier molecular flexibility index (Phi) is 10.5. The number of anilines is 1. The number of nitrogens with one attached hydrogen (secondary N) is 2. The molecule has 1 aliphatic heterocycles. The molecule has 10 nitrogen and oxygen atoms in total. The number of halogens is 3. The molecule has 1 saturated heterocycles. The van der Waals surface area contributed by atoms with Gasteiger partial charge in [-0.25, -0.2) is 14.6 Å². The first-order valence-electron chi connectivity index (χ1n) is 10.1. The lowest BCUT2D eigenvalue weighted by Gasteiger charge is -2.28. The number of hydrogen-bond donors (Lipinski definition) is 4. The number of nitrogens with zero attached hydrogens (tertiary/aromatic N) is 3. The van der Waals surface area contributed by atoms with Gasteiger partial charge in [0.25, 0.3) is 0 Å². The maximum Gasteiger partial charge on any atom is 0.417 e. The quantitative estimate of drug-likeness (QED) is 0.405. The van der Waals surface area contributed by atoms with Crippen molar-refractivity contribution in [3.05, 3.63) is 36.0 Å². The average molecular weight is 485 g/mol. The molecular formula is C21H26F3N5O5. The monoisotopic (exact) mass is 485 g/mol. The van der Waals surface area contributed by atoms with Crippen LogP contribution in [0.5, 0.6) is 0 Å². The smallest absolute Gasteiger partial charge is 0.417 e. The molecule has 186 valence electrons. The summed E-state index contributed by atoms with van der Waals surface area (Å²) < 4.78 is 37.6. The Morgan fingerprint density at radius 1 is 1.24 bits per heavy atom. The first-order chi connectivity index (χ1) is 15.7. The minimum atomic E-state index is -4.41. The summed E-state index contributed by atoms with van der Waals surface area (Å²) in [5, 5.41) is 30.7. The van der Waals surface area contributed by atoms with Crippen LogP contribution in [0.25, 0.3) is 0 Å². The number of pyridine rings is 1. The van der Waals surface area contributed by atoms with Crippen LogP contribution in [0, 0.1) is 11.3 Å². The summed E-state index contributed by atoms with van der Waals surface area (Å²) in [5.41, 5.74) is -1.30. The summed E-state index contributed by atoms with van der Waals surface area (Å²) in [6.07, 6.45) is -0.989.